The molecule has 0 aromatic rings. The maximum Gasteiger partial charge on any atom is 0.317 e. The van der Waals surface area contributed by atoms with Crippen molar-refractivity contribution in [3.63, 3.8) is 0 Å². The average molecular weight is 284 g/mol. The summed E-state index contributed by atoms with van der Waals surface area (Å²) in [5.41, 5.74) is 0. The van der Waals surface area contributed by atoms with E-state index in [1.54, 1.807) is 11.9 Å². The van der Waals surface area contributed by atoms with Gasteiger partial charge >= 0.3 is 12.0 Å². The van der Waals surface area contributed by atoms with Gasteiger partial charge in [0.25, 0.3) is 0 Å². The van der Waals surface area contributed by atoms with Gasteiger partial charge in [0, 0.05) is 20.1 Å². The molecule has 0 spiro atoms. The number of nitrogens with one attached hydrogen (secondary N) is 1. The van der Waals surface area contributed by atoms with Gasteiger partial charge < -0.3 is 20.4 Å². The number of carboxylic acid groups (broad SMARTS) is 1. The van der Waals surface area contributed by atoms with Crippen molar-refractivity contribution in [3.05, 3.63) is 0 Å². The number of amides is 2. The summed E-state index contributed by atoms with van der Waals surface area (Å²) in [5, 5.41) is 21.2. The van der Waals surface area contributed by atoms with E-state index in [1.807, 2.05) is 0 Å². The van der Waals surface area contributed by atoms with E-state index in [2.05, 4.69) is 5.32 Å². The number of aliphatic carboxylic acids is 1. The number of nitrogens with zero attached hydrogens (tertiary/aromatic N) is 1. The number of aliphatic hydroxyl groups is 1. The van der Waals surface area contributed by atoms with Crippen LogP contribution >= 0.6 is 0 Å². The van der Waals surface area contributed by atoms with E-state index >= 15 is 0 Å². The van der Waals surface area contributed by atoms with E-state index in [4.69, 9.17) is 5.11 Å². The van der Waals surface area contributed by atoms with Crippen LogP contribution in [-0.2, 0) is 4.79 Å². The highest BCUT2D eigenvalue weighted by molar-refractivity contribution is 5.74. The number of carbonyl (C=O) groups is 2. The minimum Gasteiger partial charge on any atom is -0.481 e. The zero-order valence-corrected chi connectivity index (χ0v) is 11.9. The van der Waals surface area contributed by atoms with Crippen molar-refractivity contribution in [1.29, 1.82) is 0 Å². The van der Waals surface area contributed by atoms with E-state index in [-0.39, 0.29) is 24.0 Å². The lowest BCUT2D eigenvalue weighted by Crippen LogP contribution is -2.45. The zero-order valence-electron chi connectivity index (χ0n) is 11.9. The Morgan fingerprint density at radius 3 is 2.60 bits per heavy atom. The van der Waals surface area contributed by atoms with E-state index in [1.165, 1.54) is 0 Å². The van der Waals surface area contributed by atoms with Crippen molar-refractivity contribution in [3.8, 4) is 0 Å². The molecule has 2 aliphatic rings. The van der Waals surface area contributed by atoms with E-state index < -0.39 is 5.97 Å². The molecule has 3 N–H and O–H groups in total. The molecular formula is C14H24N2O4. The molecule has 0 aliphatic heterocycles. The van der Waals surface area contributed by atoms with Gasteiger partial charge in [-0.15, -0.1) is 0 Å². The van der Waals surface area contributed by atoms with Crippen molar-refractivity contribution in [2.45, 2.75) is 38.2 Å². The normalized spacial score (nSPS) is 32.5. The predicted molar refractivity (Wildman–Crippen MR) is 73.2 cm³/mol. The van der Waals surface area contributed by atoms with Crippen LogP contribution in [0.15, 0.2) is 0 Å². The lowest BCUT2D eigenvalue weighted by Gasteiger charge is -2.34. The minimum atomic E-state index is -0.751. The number of carboxylic acids is 1. The van der Waals surface area contributed by atoms with Crippen molar-refractivity contribution in [2.75, 3.05) is 20.1 Å². The molecule has 2 unspecified atom stereocenters. The number of rotatable bonds is 5. The molecule has 6 nitrogen and oxygen atoms in total. The summed E-state index contributed by atoms with van der Waals surface area (Å²) in [6, 6.07) is -0.151. The number of hydrogen-bond acceptors (Lipinski definition) is 3. The Labute approximate surface area is 119 Å². The molecule has 2 amide bonds. The molecule has 0 heterocycles. The molecule has 0 aromatic heterocycles. The van der Waals surface area contributed by atoms with Crippen molar-refractivity contribution in [1.82, 2.24) is 10.2 Å². The van der Waals surface area contributed by atoms with Crippen LogP contribution in [0.2, 0.25) is 0 Å². The van der Waals surface area contributed by atoms with Crippen molar-refractivity contribution < 1.29 is 19.8 Å². The number of carbonyl (C=O) groups excluding carboxylic acids is 1. The smallest absolute Gasteiger partial charge is 0.317 e. The Morgan fingerprint density at radius 2 is 2.00 bits per heavy atom. The fraction of sp³-hybridized carbons (Fsp3) is 0.857. The quantitative estimate of drug-likeness (QED) is 0.699. The molecule has 2 rings (SSSR count). The topological polar surface area (TPSA) is 89.9 Å². The van der Waals surface area contributed by atoms with Crippen LogP contribution in [0.5, 0.6) is 0 Å². The third-order valence-corrected chi connectivity index (χ3v) is 4.58. The molecule has 0 aromatic carbocycles. The maximum atomic E-state index is 11.9. The second-order valence-corrected chi connectivity index (χ2v) is 6.19. The first-order valence-corrected chi connectivity index (χ1v) is 7.37. The van der Waals surface area contributed by atoms with Gasteiger partial charge in [-0.25, -0.2) is 4.79 Å². The summed E-state index contributed by atoms with van der Waals surface area (Å²) < 4.78 is 0. The van der Waals surface area contributed by atoms with Crippen LogP contribution in [0, 0.1) is 17.8 Å². The predicted octanol–water partition coefficient (Wildman–Crippen LogP) is 0.900. The van der Waals surface area contributed by atoms with Gasteiger partial charge in [-0.05, 0) is 37.5 Å². The van der Waals surface area contributed by atoms with Crippen LogP contribution in [-0.4, -0.2) is 53.4 Å². The first-order chi connectivity index (χ1) is 9.47. The summed E-state index contributed by atoms with van der Waals surface area (Å²) in [6.07, 6.45) is 3.84. The van der Waals surface area contributed by atoms with Crippen LogP contribution in [0.1, 0.15) is 32.1 Å². The van der Waals surface area contributed by atoms with Crippen LogP contribution < -0.4 is 5.32 Å². The molecule has 114 valence electrons. The van der Waals surface area contributed by atoms with E-state index in [0.717, 1.165) is 25.7 Å². The Bertz CT molecular complexity index is 368. The molecule has 0 radical (unpaired) electrons. The number of urea groups is 1. The number of hydrogen-bond donors (Lipinski definition) is 3. The molecule has 2 saturated carbocycles. The highest BCUT2D eigenvalue weighted by atomic mass is 16.4. The minimum absolute atomic E-state index is 0.0513. The maximum absolute atomic E-state index is 11.9. The number of aliphatic hydroxyl groups excluding tert-OH is 1. The fourth-order valence-corrected chi connectivity index (χ4v) is 3.28. The molecule has 2 fully saturated rings. The summed E-state index contributed by atoms with van der Waals surface area (Å²) >= 11 is 0. The third-order valence-electron chi connectivity index (χ3n) is 4.58. The highest BCUT2D eigenvalue weighted by Gasteiger charge is 2.33. The molecule has 2 atom stereocenters. The van der Waals surface area contributed by atoms with Gasteiger partial charge in [0.1, 0.15) is 0 Å². The third kappa shape index (κ3) is 3.62. The van der Waals surface area contributed by atoms with Crippen LogP contribution in [0.4, 0.5) is 4.79 Å². The Kier molecular flexibility index (Phi) is 4.86. The summed E-state index contributed by atoms with van der Waals surface area (Å²) in [6.45, 7) is 1.09. The monoisotopic (exact) mass is 284 g/mol. The SMILES string of the molecule is CN(CC1CC(O)C1)C(=O)NCC1CCCC1C(=O)O. The molecule has 20 heavy (non-hydrogen) atoms. The summed E-state index contributed by atoms with van der Waals surface area (Å²) in [5.74, 6) is -0.629. The first-order valence-electron chi connectivity index (χ1n) is 7.37. The Morgan fingerprint density at radius 1 is 1.30 bits per heavy atom. The lowest BCUT2D eigenvalue weighted by atomic mass is 9.82. The second-order valence-electron chi connectivity index (χ2n) is 6.19. The summed E-state index contributed by atoms with van der Waals surface area (Å²) in [4.78, 5) is 24.6. The Balaban J connectivity index is 1.70. The van der Waals surface area contributed by atoms with Gasteiger partial charge in [-0.3, -0.25) is 4.79 Å². The molecular weight excluding hydrogens is 260 g/mol. The highest BCUT2D eigenvalue weighted by Crippen LogP contribution is 2.31. The molecule has 2 aliphatic carbocycles. The molecule has 0 saturated heterocycles. The largest absolute Gasteiger partial charge is 0.481 e. The Hall–Kier alpha value is -1.30. The second kappa shape index (κ2) is 6.43. The van der Waals surface area contributed by atoms with E-state index in [9.17, 15) is 14.7 Å². The zero-order chi connectivity index (χ0) is 14.7. The van der Waals surface area contributed by atoms with Gasteiger partial charge in [0.05, 0.1) is 12.0 Å². The fourth-order valence-electron chi connectivity index (χ4n) is 3.28. The van der Waals surface area contributed by atoms with Crippen LogP contribution in [0.25, 0.3) is 0 Å². The van der Waals surface area contributed by atoms with Gasteiger partial charge in [0.15, 0.2) is 0 Å². The first kappa shape index (κ1) is 15.1. The van der Waals surface area contributed by atoms with Gasteiger partial charge in [0.2, 0.25) is 0 Å². The molecule has 0 bridgehead atoms. The van der Waals surface area contributed by atoms with Crippen molar-refractivity contribution in [2.24, 2.45) is 17.8 Å². The standard InChI is InChI=1S/C14H24N2O4/c1-16(8-9-5-11(17)6-9)14(20)15-7-10-3-2-4-12(10)13(18)19/h9-12,17H,2-8H2,1H3,(H,15,20)(H,18,19). The summed E-state index contributed by atoms with van der Waals surface area (Å²) in [7, 11) is 1.74. The molecule has 6 heteroatoms. The van der Waals surface area contributed by atoms with Crippen molar-refractivity contribution >= 4 is 12.0 Å². The van der Waals surface area contributed by atoms with Crippen LogP contribution in [0.3, 0.4) is 0 Å². The van der Waals surface area contributed by atoms with Gasteiger partial charge in [-0.1, -0.05) is 6.42 Å². The van der Waals surface area contributed by atoms with Gasteiger partial charge in [-0.2, -0.15) is 0 Å². The van der Waals surface area contributed by atoms with E-state index in [0.29, 0.717) is 25.4 Å². The lowest BCUT2D eigenvalue weighted by molar-refractivity contribution is -0.142. The average Bonchev–Trinajstić information content (AvgIpc) is 2.82.